The molecule has 0 fully saturated rings. The van der Waals surface area contributed by atoms with Gasteiger partial charge in [-0.2, -0.15) is 0 Å². The molecule has 0 saturated heterocycles. The van der Waals surface area contributed by atoms with Crippen LogP contribution in [0.5, 0.6) is 5.75 Å². The van der Waals surface area contributed by atoms with Gasteiger partial charge in [0.2, 0.25) is 0 Å². The zero-order valence-electron chi connectivity index (χ0n) is 12.5. The molecule has 0 amide bonds. The normalized spacial score (nSPS) is 14.9. The minimum Gasteiger partial charge on any atom is -0.492 e. The molecule has 0 aliphatic carbocycles. The van der Waals surface area contributed by atoms with Gasteiger partial charge in [-0.05, 0) is 24.7 Å². The number of aromatic nitrogens is 2. The van der Waals surface area contributed by atoms with Crippen molar-refractivity contribution in [2.75, 3.05) is 26.7 Å². The van der Waals surface area contributed by atoms with E-state index in [1.54, 1.807) is 0 Å². The summed E-state index contributed by atoms with van der Waals surface area (Å²) in [4.78, 5) is 6.77. The van der Waals surface area contributed by atoms with Crippen LogP contribution in [0.25, 0.3) is 0 Å². The summed E-state index contributed by atoms with van der Waals surface area (Å²) in [5, 5.41) is 3.15. The highest BCUT2D eigenvalue weighted by Crippen LogP contribution is 2.14. The number of nitrogens with zero attached hydrogens (tertiary/aromatic N) is 3. The van der Waals surface area contributed by atoms with E-state index in [1.807, 2.05) is 25.4 Å². The third kappa shape index (κ3) is 3.62. The summed E-state index contributed by atoms with van der Waals surface area (Å²) in [6, 6.07) is 8.26. The van der Waals surface area contributed by atoms with E-state index in [2.05, 4.69) is 38.1 Å². The lowest BCUT2D eigenvalue weighted by Crippen LogP contribution is -2.36. The number of ether oxygens (including phenoxy) is 1. The van der Waals surface area contributed by atoms with Gasteiger partial charge >= 0.3 is 0 Å². The summed E-state index contributed by atoms with van der Waals surface area (Å²) in [6.45, 7) is 5.51. The molecular weight excluding hydrogens is 264 g/mol. The van der Waals surface area contributed by atoms with Crippen LogP contribution in [0.3, 0.4) is 0 Å². The lowest BCUT2D eigenvalue weighted by atomic mass is 10.2. The molecule has 2 heterocycles. The monoisotopic (exact) mass is 286 g/mol. The van der Waals surface area contributed by atoms with E-state index in [1.165, 1.54) is 5.56 Å². The molecule has 0 bridgehead atoms. The average molecular weight is 286 g/mol. The molecule has 0 spiro atoms. The van der Waals surface area contributed by atoms with Crippen molar-refractivity contribution < 1.29 is 4.74 Å². The first kappa shape index (κ1) is 14.1. The molecule has 0 saturated carbocycles. The van der Waals surface area contributed by atoms with Gasteiger partial charge in [-0.15, -0.1) is 0 Å². The molecule has 3 rings (SSSR count). The second-order valence-electron chi connectivity index (χ2n) is 5.34. The fraction of sp³-hybridized carbons (Fsp3) is 0.438. The number of fused-ring (bicyclic) bond motifs is 1. The van der Waals surface area contributed by atoms with Crippen LogP contribution < -0.4 is 10.1 Å². The summed E-state index contributed by atoms with van der Waals surface area (Å²) in [5.41, 5.74) is 1.25. The van der Waals surface area contributed by atoms with Gasteiger partial charge < -0.3 is 14.6 Å². The Morgan fingerprint density at radius 3 is 3.19 bits per heavy atom. The molecule has 0 radical (unpaired) electrons. The van der Waals surface area contributed by atoms with Crippen molar-refractivity contribution in [2.24, 2.45) is 0 Å². The van der Waals surface area contributed by atoms with Crippen molar-refractivity contribution in [1.29, 1.82) is 0 Å². The maximum absolute atomic E-state index is 5.87. The van der Waals surface area contributed by atoms with Crippen molar-refractivity contribution in [3.05, 3.63) is 48.0 Å². The number of nitrogens with one attached hydrogen (secondary N) is 1. The maximum Gasteiger partial charge on any atom is 0.122 e. The van der Waals surface area contributed by atoms with Crippen LogP contribution in [0.4, 0.5) is 0 Å². The second-order valence-corrected chi connectivity index (χ2v) is 5.34. The van der Waals surface area contributed by atoms with Crippen LogP contribution in [-0.4, -0.2) is 41.2 Å². The zero-order valence-corrected chi connectivity index (χ0v) is 12.5. The van der Waals surface area contributed by atoms with Gasteiger partial charge in [0.1, 0.15) is 18.2 Å². The van der Waals surface area contributed by atoms with E-state index < -0.39 is 0 Å². The molecular formula is C16H22N4O. The fourth-order valence-electron chi connectivity index (χ4n) is 2.66. The number of rotatable bonds is 6. The third-order valence-electron chi connectivity index (χ3n) is 3.78. The van der Waals surface area contributed by atoms with Crippen LogP contribution in [0, 0.1) is 0 Å². The molecule has 0 atom stereocenters. The third-order valence-corrected chi connectivity index (χ3v) is 3.78. The lowest BCUT2D eigenvalue weighted by Gasteiger charge is -2.27. The smallest absolute Gasteiger partial charge is 0.122 e. The van der Waals surface area contributed by atoms with Crippen molar-refractivity contribution in [1.82, 2.24) is 19.8 Å². The fourth-order valence-corrected chi connectivity index (χ4v) is 2.66. The molecule has 1 aromatic heterocycles. The molecule has 0 unspecified atom stereocenters. The number of imidazole rings is 1. The zero-order chi connectivity index (χ0) is 14.5. The van der Waals surface area contributed by atoms with Crippen LogP contribution in [-0.2, 0) is 19.6 Å². The van der Waals surface area contributed by atoms with Gasteiger partial charge in [0.15, 0.2) is 0 Å². The van der Waals surface area contributed by atoms with Gasteiger partial charge in [0.25, 0.3) is 0 Å². The van der Waals surface area contributed by atoms with Gasteiger partial charge in [-0.3, -0.25) is 4.90 Å². The van der Waals surface area contributed by atoms with Crippen LogP contribution in [0.15, 0.2) is 36.7 Å². The topological polar surface area (TPSA) is 42.3 Å². The maximum atomic E-state index is 5.87. The molecule has 21 heavy (non-hydrogen) atoms. The van der Waals surface area contributed by atoms with Gasteiger partial charge in [-0.25, -0.2) is 4.98 Å². The first-order valence-electron chi connectivity index (χ1n) is 7.44. The van der Waals surface area contributed by atoms with E-state index in [-0.39, 0.29) is 0 Å². The molecule has 112 valence electrons. The highest BCUT2D eigenvalue weighted by atomic mass is 16.5. The Bertz CT molecular complexity index is 581. The predicted molar refractivity (Wildman–Crippen MR) is 82.2 cm³/mol. The van der Waals surface area contributed by atoms with Crippen molar-refractivity contribution in [3.8, 4) is 5.75 Å². The first-order chi connectivity index (χ1) is 10.3. The summed E-state index contributed by atoms with van der Waals surface area (Å²) >= 11 is 0. The Kier molecular flexibility index (Phi) is 4.52. The molecule has 1 aliphatic rings. The number of benzene rings is 1. The van der Waals surface area contributed by atoms with E-state index >= 15 is 0 Å². The number of hydrogen-bond donors (Lipinski definition) is 1. The Labute approximate surface area is 125 Å². The molecule has 1 aromatic carbocycles. The Hall–Kier alpha value is -1.85. The molecule has 5 nitrogen and oxygen atoms in total. The van der Waals surface area contributed by atoms with Crippen molar-refractivity contribution >= 4 is 0 Å². The van der Waals surface area contributed by atoms with E-state index in [4.69, 9.17) is 4.74 Å². The highest BCUT2D eigenvalue weighted by molar-refractivity contribution is 5.28. The summed E-state index contributed by atoms with van der Waals surface area (Å²) < 4.78 is 8.09. The summed E-state index contributed by atoms with van der Waals surface area (Å²) in [6.07, 6.45) is 3.93. The largest absolute Gasteiger partial charge is 0.492 e. The Balaban J connectivity index is 1.47. The van der Waals surface area contributed by atoms with E-state index in [0.717, 1.165) is 44.3 Å². The highest BCUT2D eigenvalue weighted by Gasteiger charge is 2.15. The lowest BCUT2D eigenvalue weighted by molar-refractivity contribution is 0.174. The standard InChI is InChI=1S/C16H22N4O/c1-17-12-14-3-2-4-15(11-14)21-10-9-19-7-8-20-6-5-18-16(20)13-19/h2-6,11,17H,7-10,12-13H2,1H3. The van der Waals surface area contributed by atoms with Crippen molar-refractivity contribution in [3.63, 3.8) is 0 Å². The van der Waals surface area contributed by atoms with Gasteiger partial charge in [-0.1, -0.05) is 12.1 Å². The SMILES string of the molecule is CNCc1cccc(OCCN2CCn3ccnc3C2)c1. The molecule has 2 aromatic rings. The van der Waals surface area contributed by atoms with Crippen LogP contribution in [0.2, 0.25) is 0 Å². The average Bonchev–Trinajstić information content (AvgIpc) is 2.96. The quantitative estimate of drug-likeness (QED) is 0.874. The van der Waals surface area contributed by atoms with E-state index in [9.17, 15) is 0 Å². The van der Waals surface area contributed by atoms with Crippen LogP contribution in [0.1, 0.15) is 11.4 Å². The summed E-state index contributed by atoms with van der Waals surface area (Å²) in [5.74, 6) is 2.10. The molecule has 1 aliphatic heterocycles. The Morgan fingerprint density at radius 2 is 2.29 bits per heavy atom. The molecule has 5 heteroatoms. The minimum absolute atomic E-state index is 0.712. The van der Waals surface area contributed by atoms with Gasteiger partial charge in [0.05, 0.1) is 6.54 Å². The van der Waals surface area contributed by atoms with Crippen molar-refractivity contribution in [2.45, 2.75) is 19.6 Å². The molecule has 1 N–H and O–H groups in total. The van der Waals surface area contributed by atoms with Crippen LogP contribution >= 0.6 is 0 Å². The van der Waals surface area contributed by atoms with Gasteiger partial charge in [0, 0.05) is 38.6 Å². The second kappa shape index (κ2) is 6.74. The predicted octanol–water partition coefficient (Wildman–Crippen LogP) is 1.50. The Morgan fingerprint density at radius 1 is 1.33 bits per heavy atom. The summed E-state index contributed by atoms with van der Waals surface area (Å²) in [7, 11) is 1.95. The number of hydrogen-bond acceptors (Lipinski definition) is 4. The minimum atomic E-state index is 0.712. The first-order valence-corrected chi connectivity index (χ1v) is 7.44. The van der Waals surface area contributed by atoms with E-state index in [0.29, 0.717) is 6.61 Å².